The van der Waals surface area contributed by atoms with Crippen molar-refractivity contribution in [1.82, 2.24) is 24.9 Å². The lowest BCUT2D eigenvalue weighted by molar-refractivity contribution is 0.0957. The minimum absolute atomic E-state index is 0.136. The first-order valence-electron chi connectivity index (χ1n) is 12.5. The maximum Gasteiger partial charge on any atom is 0.255 e. The first kappa shape index (κ1) is 23.7. The molecule has 2 aromatic heterocycles. The number of carbonyl (C=O) groups is 1. The van der Waals surface area contributed by atoms with Crippen molar-refractivity contribution < 1.29 is 13.6 Å². The highest BCUT2D eigenvalue weighted by Crippen LogP contribution is 2.28. The van der Waals surface area contributed by atoms with Gasteiger partial charge in [-0.3, -0.25) is 9.20 Å². The fraction of sp³-hybridized carbons (Fsp3) is 0.481. The van der Waals surface area contributed by atoms with Gasteiger partial charge in [0.05, 0.1) is 22.3 Å². The molecular weight excluding hydrogens is 448 g/mol. The Morgan fingerprint density at radius 3 is 2.71 bits per heavy atom. The Bertz CT molecular complexity index is 1350. The summed E-state index contributed by atoms with van der Waals surface area (Å²) in [4.78, 5) is 20.2. The Morgan fingerprint density at radius 2 is 2.00 bits per heavy atom. The molecule has 0 saturated carbocycles. The van der Waals surface area contributed by atoms with Gasteiger partial charge in [0.2, 0.25) is 0 Å². The molecule has 2 N–H and O–H groups in total. The molecule has 2 aliphatic carbocycles. The van der Waals surface area contributed by atoms with Crippen LogP contribution in [0.2, 0.25) is 0 Å². The van der Waals surface area contributed by atoms with Crippen molar-refractivity contribution in [2.24, 2.45) is 5.92 Å². The van der Waals surface area contributed by atoms with Crippen molar-refractivity contribution in [3.05, 3.63) is 51.6 Å². The van der Waals surface area contributed by atoms with E-state index in [-0.39, 0.29) is 12.3 Å². The van der Waals surface area contributed by atoms with Crippen LogP contribution in [0.5, 0.6) is 0 Å². The minimum Gasteiger partial charge on any atom is -0.368 e. The quantitative estimate of drug-likeness (QED) is 0.707. The highest BCUT2D eigenvalue weighted by atomic mass is 19.2. The van der Waals surface area contributed by atoms with Crippen LogP contribution in [0.25, 0.3) is 23.5 Å². The molecule has 0 bridgehead atoms. The molecule has 0 spiro atoms. The maximum atomic E-state index is 14.5. The lowest BCUT2D eigenvalue weighted by atomic mass is 10.0. The van der Waals surface area contributed by atoms with Gasteiger partial charge in [-0.05, 0) is 51.3 Å². The van der Waals surface area contributed by atoms with Gasteiger partial charge in [0.1, 0.15) is 5.83 Å². The van der Waals surface area contributed by atoms with E-state index in [1.54, 1.807) is 0 Å². The van der Waals surface area contributed by atoms with Crippen molar-refractivity contribution in [3.8, 4) is 0 Å². The Balaban J connectivity index is 1.90. The minimum atomic E-state index is -1.71. The number of hydrogen-bond donors (Lipinski definition) is 2. The van der Waals surface area contributed by atoms with Crippen molar-refractivity contribution in [3.63, 3.8) is 0 Å². The average molecular weight is 482 g/mol. The van der Waals surface area contributed by atoms with Crippen molar-refractivity contribution >= 4 is 29.4 Å². The number of aromatic nitrogens is 2. The third-order valence-electron chi connectivity index (χ3n) is 7.00. The number of nitrogens with one attached hydrogen (secondary N) is 2. The van der Waals surface area contributed by atoms with Crippen molar-refractivity contribution in [1.29, 1.82) is 0 Å². The van der Waals surface area contributed by atoms with Crippen molar-refractivity contribution in [2.45, 2.75) is 58.8 Å². The van der Waals surface area contributed by atoms with Crippen LogP contribution in [0.15, 0.2) is 24.0 Å². The molecule has 0 radical (unpaired) electrons. The largest absolute Gasteiger partial charge is 0.368 e. The van der Waals surface area contributed by atoms with Gasteiger partial charge in [0.25, 0.3) is 5.91 Å². The maximum absolute atomic E-state index is 14.5. The van der Waals surface area contributed by atoms with Crippen LogP contribution in [0.3, 0.4) is 0 Å². The summed E-state index contributed by atoms with van der Waals surface area (Å²) in [6.45, 7) is 10.5. The first-order valence-corrected chi connectivity index (χ1v) is 12.5. The van der Waals surface area contributed by atoms with Crippen LogP contribution < -0.4 is 21.2 Å². The number of carbonyl (C=O) groups excluding carboxylic acids is 1. The molecule has 2 aromatic rings. The van der Waals surface area contributed by atoms with E-state index in [1.165, 1.54) is 6.08 Å². The van der Waals surface area contributed by atoms with Gasteiger partial charge in [-0.2, -0.15) is 0 Å². The third kappa shape index (κ3) is 4.29. The monoisotopic (exact) mass is 481 g/mol. The molecule has 1 aliphatic heterocycles. The predicted molar refractivity (Wildman–Crippen MR) is 135 cm³/mol. The molecule has 4 atom stereocenters. The molecule has 4 unspecified atom stereocenters. The van der Waals surface area contributed by atoms with Crippen LogP contribution in [-0.2, 0) is 6.42 Å². The average Bonchev–Trinajstić information content (AvgIpc) is 3.14. The number of piperazine rings is 1. The third-order valence-corrected chi connectivity index (χ3v) is 7.00. The number of pyridine rings is 1. The molecule has 35 heavy (non-hydrogen) atoms. The summed E-state index contributed by atoms with van der Waals surface area (Å²) in [6.07, 6.45) is 6.69. The van der Waals surface area contributed by atoms with Gasteiger partial charge in [0, 0.05) is 49.1 Å². The topological polar surface area (TPSA) is 61.7 Å². The number of nitrogens with zero attached hydrogens (tertiary/aromatic N) is 3. The molecule has 1 saturated heterocycles. The predicted octanol–water partition coefficient (Wildman–Crippen LogP) is 2.46. The van der Waals surface area contributed by atoms with E-state index in [0.29, 0.717) is 47.1 Å². The highest BCUT2D eigenvalue weighted by Gasteiger charge is 2.29. The zero-order valence-corrected chi connectivity index (χ0v) is 20.7. The highest BCUT2D eigenvalue weighted by molar-refractivity contribution is 6.00. The summed E-state index contributed by atoms with van der Waals surface area (Å²) in [5.41, 5.74) is 2.87. The van der Waals surface area contributed by atoms with Gasteiger partial charge in [-0.15, -0.1) is 0 Å². The molecule has 0 aromatic carbocycles. The molecule has 5 rings (SSSR count). The van der Waals surface area contributed by atoms with E-state index in [4.69, 9.17) is 0 Å². The van der Waals surface area contributed by atoms with E-state index in [9.17, 15) is 13.6 Å². The normalized spacial score (nSPS) is 26.4. The number of halogens is 2. The van der Waals surface area contributed by atoms with Gasteiger partial charge in [-0.1, -0.05) is 19.1 Å². The van der Waals surface area contributed by atoms with Gasteiger partial charge >= 0.3 is 0 Å². The Kier molecular flexibility index (Phi) is 6.25. The first-order chi connectivity index (χ1) is 16.8. The molecular formula is C27H33F2N5O. The number of imidazole rings is 1. The number of rotatable bonds is 3. The van der Waals surface area contributed by atoms with E-state index < -0.39 is 12.0 Å². The summed E-state index contributed by atoms with van der Waals surface area (Å²) in [6, 6.07) is 2.52. The van der Waals surface area contributed by atoms with Crippen LogP contribution in [0.4, 0.5) is 8.78 Å². The lowest BCUT2D eigenvalue weighted by Gasteiger charge is -2.38. The van der Waals surface area contributed by atoms with Gasteiger partial charge in [-0.25, -0.2) is 13.8 Å². The van der Waals surface area contributed by atoms with E-state index in [1.807, 2.05) is 17.4 Å². The van der Waals surface area contributed by atoms with E-state index >= 15 is 0 Å². The fourth-order valence-electron chi connectivity index (χ4n) is 5.44. The zero-order chi connectivity index (χ0) is 24.9. The summed E-state index contributed by atoms with van der Waals surface area (Å²) in [5.74, 6) is -0.745. The van der Waals surface area contributed by atoms with Gasteiger partial charge in [0.15, 0.2) is 11.8 Å². The van der Waals surface area contributed by atoms with E-state index in [0.717, 1.165) is 35.8 Å². The molecule has 8 heteroatoms. The second-order valence-corrected chi connectivity index (χ2v) is 10.1. The summed E-state index contributed by atoms with van der Waals surface area (Å²) in [5, 5.41) is 8.24. The Morgan fingerprint density at radius 1 is 1.26 bits per heavy atom. The fourth-order valence-corrected chi connectivity index (χ4v) is 5.44. The number of fused-ring (bicyclic) bond motifs is 5. The van der Waals surface area contributed by atoms with Gasteiger partial charge < -0.3 is 15.5 Å². The molecule has 1 amide bonds. The SMILES string of the molecule is CCNC(=O)c1cc2c(n3c4c(nc13)CC(F)C(F)=C4)=CCC(C)C=CC=2N1CC(C)NC(C)C1. The Labute approximate surface area is 204 Å². The molecule has 6 nitrogen and oxygen atoms in total. The van der Waals surface area contributed by atoms with Crippen LogP contribution in [0.1, 0.15) is 55.9 Å². The summed E-state index contributed by atoms with van der Waals surface area (Å²) >= 11 is 0. The van der Waals surface area contributed by atoms with Crippen LogP contribution in [0, 0.1) is 5.92 Å². The summed E-state index contributed by atoms with van der Waals surface area (Å²) < 4.78 is 30.6. The molecule has 3 heterocycles. The Hall–Kier alpha value is -3.00. The second-order valence-electron chi connectivity index (χ2n) is 10.1. The van der Waals surface area contributed by atoms with Crippen molar-refractivity contribution in [2.75, 3.05) is 19.6 Å². The molecule has 1 fully saturated rings. The van der Waals surface area contributed by atoms with E-state index in [2.05, 4.69) is 59.5 Å². The number of amides is 1. The smallest absolute Gasteiger partial charge is 0.255 e. The summed E-state index contributed by atoms with van der Waals surface area (Å²) in [7, 11) is 0. The number of hydrogen-bond acceptors (Lipinski definition) is 4. The number of alkyl halides is 1. The zero-order valence-electron chi connectivity index (χ0n) is 20.7. The molecule has 3 aliphatic rings. The second kappa shape index (κ2) is 9.22. The number of allylic oxidation sites excluding steroid dienone is 2. The lowest BCUT2D eigenvalue weighted by Crippen LogP contribution is -2.54. The standard InChI is InChI=1S/C27H33F2N5O/c1-5-30-27(35)19-10-18-23(33-13-16(3)31-17(4)14-33)8-6-15(2)7-9-24(18)34-25-12-21(29)20(28)11-22(25)32-26(19)34/h6,8-10,12,15-17,20,31H,5,7,11,13-14H2,1-4H3,(H,30,35). The van der Waals surface area contributed by atoms with Crippen LogP contribution >= 0.6 is 0 Å². The van der Waals surface area contributed by atoms with Crippen LogP contribution in [-0.4, -0.2) is 58.1 Å². The molecule has 186 valence electrons.